The smallest absolute Gasteiger partial charge is 0.433 e. The van der Waals surface area contributed by atoms with Crippen molar-refractivity contribution < 1.29 is 31.1 Å². The van der Waals surface area contributed by atoms with E-state index >= 15 is 0 Å². The highest BCUT2D eigenvalue weighted by atomic mass is 32.2. The second-order valence-electron chi connectivity index (χ2n) is 4.60. The molecule has 1 fully saturated rings. The van der Waals surface area contributed by atoms with Crippen LogP contribution in [-0.4, -0.2) is 43.3 Å². The lowest BCUT2D eigenvalue weighted by atomic mass is 10.2. The van der Waals surface area contributed by atoms with Crippen LogP contribution < -0.4 is 4.31 Å². The van der Waals surface area contributed by atoms with Gasteiger partial charge in [-0.3, -0.25) is 0 Å². The molecule has 1 atom stereocenters. The predicted molar refractivity (Wildman–Crippen MR) is 68.5 cm³/mol. The fraction of sp³-hybridized carbons (Fsp3) is 0.545. The minimum absolute atomic E-state index is 0.0839. The zero-order chi connectivity index (χ0) is 16.7. The topological polar surface area (TPSA) is 89.5 Å². The highest BCUT2D eigenvalue weighted by Crippen LogP contribution is 2.33. The molecule has 0 amide bonds. The lowest BCUT2D eigenvalue weighted by molar-refractivity contribution is -0.142. The third-order valence-electron chi connectivity index (χ3n) is 3.05. The Balaban J connectivity index is 2.57. The van der Waals surface area contributed by atoms with Gasteiger partial charge in [0.15, 0.2) is 0 Å². The molecule has 0 saturated carbocycles. The molecule has 2 rings (SSSR count). The summed E-state index contributed by atoms with van der Waals surface area (Å²) in [5, 5.41) is 0. The van der Waals surface area contributed by atoms with E-state index in [9.17, 15) is 26.4 Å². The summed E-state index contributed by atoms with van der Waals surface area (Å²) in [6.45, 7) is 1.20. The second kappa shape index (κ2) is 5.38. The van der Waals surface area contributed by atoms with Crippen LogP contribution >= 0.6 is 0 Å². The molecule has 122 valence electrons. The van der Waals surface area contributed by atoms with Gasteiger partial charge in [0.05, 0.1) is 12.9 Å². The summed E-state index contributed by atoms with van der Waals surface area (Å²) in [6, 6.07) is -0.725. The van der Waals surface area contributed by atoms with Crippen LogP contribution in [0.1, 0.15) is 17.9 Å². The second-order valence-corrected chi connectivity index (χ2v) is 6.56. The van der Waals surface area contributed by atoms with Crippen LogP contribution in [0.25, 0.3) is 0 Å². The number of alkyl halides is 3. The number of hydrogen-bond donors (Lipinski definition) is 0. The molecule has 0 spiro atoms. The molecule has 1 aliphatic heterocycles. The van der Waals surface area contributed by atoms with Gasteiger partial charge in [-0.25, -0.2) is 27.5 Å². The minimum Gasteiger partial charge on any atom is -0.467 e. The molecule has 2 heterocycles. The van der Waals surface area contributed by atoms with Crippen molar-refractivity contribution in [2.45, 2.75) is 25.6 Å². The fourth-order valence-electron chi connectivity index (χ4n) is 2.13. The Morgan fingerprint density at radius 1 is 1.41 bits per heavy atom. The summed E-state index contributed by atoms with van der Waals surface area (Å²) in [6.07, 6.45) is -4.84. The van der Waals surface area contributed by atoms with E-state index < -0.39 is 39.7 Å². The predicted octanol–water partition coefficient (Wildman–Crippen LogP) is 0.885. The number of esters is 1. The number of rotatable bonds is 2. The summed E-state index contributed by atoms with van der Waals surface area (Å²) < 4.78 is 67.6. The molecule has 0 bridgehead atoms. The van der Waals surface area contributed by atoms with E-state index in [0.29, 0.717) is 10.4 Å². The van der Waals surface area contributed by atoms with Crippen LogP contribution in [-0.2, 0) is 25.7 Å². The molecule has 22 heavy (non-hydrogen) atoms. The number of aryl methyl sites for hydroxylation is 1. The Bertz CT molecular complexity index is 705. The van der Waals surface area contributed by atoms with Gasteiger partial charge in [0.2, 0.25) is 10.0 Å². The first-order valence-corrected chi connectivity index (χ1v) is 7.70. The molecule has 0 N–H and O–H groups in total. The molecular formula is C11H12F3N3O4S. The van der Waals surface area contributed by atoms with Crippen LogP contribution in [0.2, 0.25) is 0 Å². The summed E-state index contributed by atoms with van der Waals surface area (Å²) in [5.74, 6) is -1.98. The average Bonchev–Trinajstić information content (AvgIpc) is 2.71. The van der Waals surface area contributed by atoms with E-state index in [0.717, 1.165) is 7.11 Å². The third kappa shape index (κ3) is 2.98. The lowest BCUT2D eigenvalue weighted by Gasteiger charge is -2.23. The first-order chi connectivity index (χ1) is 10.1. The Labute approximate surface area is 124 Å². The van der Waals surface area contributed by atoms with Crippen LogP contribution in [0.4, 0.5) is 19.0 Å². The number of sulfonamides is 1. The van der Waals surface area contributed by atoms with Gasteiger partial charge in [-0.05, 0) is 13.3 Å². The number of nitrogens with zero attached hydrogens (tertiary/aromatic N) is 3. The molecule has 11 heteroatoms. The molecule has 0 radical (unpaired) electrons. The molecule has 1 aliphatic rings. The molecule has 0 unspecified atom stereocenters. The first-order valence-electron chi connectivity index (χ1n) is 6.09. The molecule has 7 nitrogen and oxygen atoms in total. The van der Waals surface area contributed by atoms with Gasteiger partial charge in [-0.15, -0.1) is 0 Å². The van der Waals surface area contributed by atoms with Crippen LogP contribution in [0.5, 0.6) is 0 Å². The summed E-state index contributed by atoms with van der Waals surface area (Å²) >= 11 is 0. The maximum atomic E-state index is 12.8. The molecule has 0 aliphatic carbocycles. The highest BCUT2D eigenvalue weighted by Gasteiger charge is 2.44. The first kappa shape index (κ1) is 16.5. The Morgan fingerprint density at radius 3 is 2.59 bits per heavy atom. The zero-order valence-corrected chi connectivity index (χ0v) is 12.4. The Morgan fingerprint density at radius 2 is 2.05 bits per heavy atom. The van der Waals surface area contributed by atoms with Gasteiger partial charge in [0.1, 0.15) is 23.4 Å². The van der Waals surface area contributed by atoms with Gasteiger partial charge < -0.3 is 4.74 Å². The number of anilines is 1. The van der Waals surface area contributed by atoms with Crippen molar-refractivity contribution in [2.24, 2.45) is 0 Å². The Kier molecular flexibility index (Phi) is 4.02. The number of halogens is 3. The lowest BCUT2D eigenvalue weighted by Crippen LogP contribution is -2.40. The van der Waals surface area contributed by atoms with Crippen LogP contribution in [0, 0.1) is 6.92 Å². The standard InChI is InChI=1S/C11H12F3N3O4S/c1-6-15-8(11(12,13)14)5-9(16-6)17-7(10(18)21-2)3-4-22(17,19)20/h5,7H,3-4H2,1-2H3/t7-/m0/s1. The van der Waals surface area contributed by atoms with Crippen molar-refractivity contribution >= 4 is 21.8 Å². The maximum absolute atomic E-state index is 12.8. The van der Waals surface area contributed by atoms with Gasteiger partial charge in [0, 0.05) is 6.07 Å². The number of carbonyl (C=O) groups excluding carboxylic acids is 1. The quantitative estimate of drug-likeness (QED) is 0.743. The van der Waals surface area contributed by atoms with E-state index in [1.165, 1.54) is 6.92 Å². The van der Waals surface area contributed by atoms with Gasteiger partial charge in [-0.2, -0.15) is 13.2 Å². The average molecular weight is 339 g/mol. The largest absolute Gasteiger partial charge is 0.467 e. The number of ether oxygens (including phenoxy) is 1. The van der Waals surface area contributed by atoms with Gasteiger partial charge in [0.25, 0.3) is 0 Å². The van der Waals surface area contributed by atoms with Crippen molar-refractivity contribution in [1.82, 2.24) is 9.97 Å². The fourth-order valence-corrected chi connectivity index (χ4v) is 3.81. The zero-order valence-electron chi connectivity index (χ0n) is 11.6. The van der Waals surface area contributed by atoms with E-state index in [2.05, 4.69) is 14.7 Å². The van der Waals surface area contributed by atoms with Crippen molar-refractivity contribution in [3.63, 3.8) is 0 Å². The van der Waals surface area contributed by atoms with Gasteiger partial charge >= 0.3 is 12.1 Å². The summed E-state index contributed by atoms with van der Waals surface area (Å²) in [4.78, 5) is 18.6. The number of methoxy groups -OCH3 is 1. The third-order valence-corrected chi connectivity index (χ3v) is 4.84. The molecule has 1 saturated heterocycles. The number of hydrogen-bond acceptors (Lipinski definition) is 6. The van der Waals surface area contributed by atoms with Crippen molar-refractivity contribution in [1.29, 1.82) is 0 Å². The van der Waals surface area contributed by atoms with Crippen molar-refractivity contribution in [2.75, 3.05) is 17.2 Å². The van der Waals surface area contributed by atoms with Crippen LogP contribution in [0.3, 0.4) is 0 Å². The molecule has 0 aromatic carbocycles. The number of carbonyl (C=O) groups is 1. The SMILES string of the molecule is COC(=O)[C@@H]1CCS(=O)(=O)N1c1cc(C(F)(F)F)nc(C)n1. The summed E-state index contributed by atoms with van der Waals surface area (Å²) in [5.41, 5.74) is -1.28. The highest BCUT2D eigenvalue weighted by molar-refractivity contribution is 7.93. The Hall–Kier alpha value is -1.91. The monoisotopic (exact) mass is 339 g/mol. The molecule has 1 aromatic heterocycles. The van der Waals surface area contributed by atoms with Crippen LogP contribution in [0.15, 0.2) is 6.07 Å². The van der Waals surface area contributed by atoms with Crippen molar-refractivity contribution in [3.8, 4) is 0 Å². The summed E-state index contributed by atoms with van der Waals surface area (Å²) in [7, 11) is -2.88. The molecular weight excluding hydrogens is 327 g/mol. The van der Waals surface area contributed by atoms with E-state index in [1.54, 1.807) is 0 Å². The van der Waals surface area contributed by atoms with E-state index in [4.69, 9.17) is 0 Å². The van der Waals surface area contributed by atoms with Crippen molar-refractivity contribution in [3.05, 3.63) is 17.6 Å². The van der Waals surface area contributed by atoms with Gasteiger partial charge in [-0.1, -0.05) is 0 Å². The van der Waals surface area contributed by atoms with E-state index in [-0.39, 0.29) is 18.0 Å². The number of aromatic nitrogens is 2. The minimum atomic E-state index is -4.76. The normalized spacial score (nSPS) is 21.0. The maximum Gasteiger partial charge on any atom is 0.433 e. The molecule has 1 aromatic rings. The van der Waals surface area contributed by atoms with E-state index in [1.807, 2.05) is 0 Å².